The Labute approximate surface area is 226 Å². The van der Waals surface area contributed by atoms with Gasteiger partial charge in [-0.3, -0.25) is 0 Å². The molecule has 0 atom stereocenters. The molecule has 3 heteroatoms. The Hall–Kier alpha value is -3.39. The summed E-state index contributed by atoms with van der Waals surface area (Å²) in [6.45, 7) is -6.03. The number of hydrogen-bond acceptors (Lipinski definition) is 2. The van der Waals surface area contributed by atoms with Gasteiger partial charge in [0.05, 0.1) is 0 Å². The van der Waals surface area contributed by atoms with Crippen molar-refractivity contribution in [2.45, 2.75) is 19.6 Å². The van der Waals surface area contributed by atoms with Gasteiger partial charge in [0.25, 0.3) is 0 Å². The van der Waals surface area contributed by atoms with Gasteiger partial charge in [-0.1, -0.05) is 56.2 Å². The van der Waals surface area contributed by atoms with Gasteiger partial charge in [-0.2, -0.15) is 0 Å². The quantitative estimate of drug-likeness (QED) is 0.190. The summed E-state index contributed by atoms with van der Waals surface area (Å²) >= 11 is 0. The molecular weight excluding hydrogens is 593 g/mol. The number of nitrogens with zero attached hydrogens (tertiary/aromatic N) is 2. The van der Waals surface area contributed by atoms with E-state index in [0.29, 0.717) is 11.3 Å². The predicted molar refractivity (Wildman–Crippen MR) is 137 cm³/mol. The minimum atomic E-state index is -3.01. The Kier molecular flexibility index (Phi) is 6.41. The van der Waals surface area contributed by atoms with Crippen molar-refractivity contribution in [2.75, 3.05) is 0 Å². The van der Waals surface area contributed by atoms with Gasteiger partial charge in [-0.25, -0.2) is 0 Å². The van der Waals surface area contributed by atoms with E-state index >= 15 is 0 Å². The van der Waals surface area contributed by atoms with Crippen LogP contribution in [0.1, 0.15) is 34.8 Å². The Morgan fingerprint density at radius 1 is 0.676 bits per heavy atom. The second-order valence-corrected chi connectivity index (χ2v) is 7.15. The van der Waals surface area contributed by atoms with Gasteiger partial charge in [0.1, 0.15) is 0 Å². The van der Waals surface area contributed by atoms with Crippen LogP contribution in [0.15, 0.2) is 116 Å². The molecule has 2 aromatic heterocycles. The summed E-state index contributed by atoms with van der Waals surface area (Å²) in [5.41, 5.74) is 4.78. The summed E-state index contributed by atoms with van der Waals surface area (Å²) < 4.78 is 54.4. The maximum Gasteiger partial charge on any atom is 0.0347 e. The molecule has 0 fully saturated rings. The SMILES string of the molecule is [2H]C([2H])([2H])C([2H])(c1cccc(-c2ccnc(-c3[c-]cccc3)c2)c1)C([2H])([2H])[2H].[Ir].[c-]1ccccc1-c1ccccn1. The molecule has 171 valence electrons. The van der Waals surface area contributed by atoms with E-state index in [0.717, 1.165) is 22.4 Å². The fourth-order valence-corrected chi connectivity index (χ4v) is 3.24. The standard InChI is InChI=1S/C20H18N.C11H8N.Ir/c1-15(2)17-9-6-10-18(13-17)19-11-12-21-20(14-19)16-7-4-3-5-8-16;1-2-6-10(7-3-1)11-8-4-5-9-12-11;/h3-7,9-15H,1-2H3;1-6,8-9H;/q2*-1;/i1D3,2D3,15D;;. The third kappa shape index (κ3) is 6.81. The zero-order chi connectivity index (χ0) is 28.8. The first-order valence-corrected chi connectivity index (χ1v) is 10.4. The molecule has 0 N–H and O–H groups in total. The Morgan fingerprint density at radius 3 is 2.00 bits per heavy atom. The van der Waals surface area contributed by atoms with Crippen molar-refractivity contribution in [2.24, 2.45) is 0 Å². The molecule has 0 saturated carbocycles. The number of aromatic nitrogens is 2. The smallest absolute Gasteiger partial charge is 0.0347 e. The Balaban J connectivity index is 0.000000296. The van der Waals surface area contributed by atoms with Gasteiger partial charge in [0.2, 0.25) is 0 Å². The molecule has 1 radical (unpaired) electrons. The molecule has 0 aliphatic heterocycles. The van der Waals surface area contributed by atoms with Crippen molar-refractivity contribution in [3.63, 3.8) is 0 Å². The first-order chi connectivity index (χ1) is 19.0. The summed E-state index contributed by atoms with van der Waals surface area (Å²) in [6.07, 6.45) is 3.41. The third-order valence-electron chi connectivity index (χ3n) is 4.88. The molecule has 0 aliphatic carbocycles. The maximum absolute atomic E-state index is 8.36. The van der Waals surface area contributed by atoms with Crippen molar-refractivity contribution < 1.29 is 29.7 Å². The van der Waals surface area contributed by atoms with Crippen LogP contribution in [-0.2, 0) is 20.1 Å². The number of hydrogen-bond donors (Lipinski definition) is 0. The number of rotatable bonds is 4. The van der Waals surface area contributed by atoms with Gasteiger partial charge in [-0.15, -0.1) is 71.8 Å². The monoisotopic (exact) mass is 626 g/mol. The van der Waals surface area contributed by atoms with Gasteiger partial charge in [0, 0.05) is 42.1 Å². The minimum Gasteiger partial charge on any atom is -0.305 e. The van der Waals surface area contributed by atoms with Crippen LogP contribution in [0.5, 0.6) is 0 Å². The van der Waals surface area contributed by atoms with E-state index in [-0.39, 0.29) is 25.7 Å². The molecule has 3 aromatic carbocycles. The van der Waals surface area contributed by atoms with Gasteiger partial charge < -0.3 is 9.97 Å². The average molecular weight is 626 g/mol. The molecule has 5 rings (SSSR count). The topological polar surface area (TPSA) is 25.8 Å². The number of pyridine rings is 2. The fraction of sp³-hybridized carbons (Fsp3) is 0.0968. The molecule has 5 aromatic rings. The van der Waals surface area contributed by atoms with E-state index in [1.54, 1.807) is 36.7 Å². The Bertz CT molecular complexity index is 1470. The normalized spacial score (nSPS) is 14.2. The molecule has 34 heavy (non-hydrogen) atoms. The molecule has 2 heterocycles. The summed E-state index contributed by atoms with van der Waals surface area (Å²) in [6, 6.07) is 37.0. The van der Waals surface area contributed by atoms with Crippen molar-refractivity contribution in [3.8, 4) is 33.6 Å². The third-order valence-corrected chi connectivity index (χ3v) is 4.88. The Morgan fingerprint density at radius 2 is 1.35 bits per heavy atom. The minimum absolute atomic E-state index is 0. The van der Waals surface area contributed by atoms with Crippen LogP contribution >= 0.6 is 0 Å². The van der Waals surface area contributed by atoms with E-state index in [1.807, 2.05) is 66.7 Å². The van der Waals surface area contributed by atoms with Gasteiger partial charge >= 0.3 is 0 Å². The van der Waals surface area contributed by atoms with Crippen molar-refractivity contribution >= 4 is 0 Å². The summed E-state index contributed by atoms with van der Waals surface area (Å²) in [5, 5.41) is 0. The molecule has 2 nitrogen and oxygen atoms in total. The van der Waals surface area contributed by atoms with Crippen LogP contribution in [-0.4, -0.2) is 9.97 Å². The molecule has 0 spiro atoms. The van der Waals surface area contributed by atoms with Gasteiger partial charge in [-0.05, 0) is 46.1 Å². The largest absolute Gasteiger partial charge is 0.305 e. The predicted octanol–water partition coefficient (Wildman–Crippen LogP) is 7.89. The molecule has 0 aliphatic rings. The van der Waals surface area contributed by atoms with Crippen LogP contribution in [0.2, 0.25) is 0 Å². The number of benzene rings is 3. The van der Waals surface area contributed by atoms with E-state index in [9.17, 15) is 0 Å². The second-order valence-electron chi connectivity index (χ2n) is 7.15. The van der Waals surface area contributed by atoms with Crippen molar-refractivity contribution in [1.82, 2.24) is 9.97 Å². The molecule has 0 bridgehead atoms. The molecule has 0 saturated heterocycles. The molecular formula is C31H26IrN2-2. The van der Waals surface area contributed by atoms with E-state index < -0.39 is 19.6 Å². The van der Waals surface area contributed by atoms with Crippen LogP contribution in [0.4, 0.5) is 0 Å². The summed E-state index contributed by atoms with van der Waals surface area (Å²) in [5.74, 6) is -2.72. The van der Waals surface area contributed by atoms with Crippen LogP contribution in [0, 0.1) is 12.1 Å². The zero-order valence-electron chi connectivity index (χ0n) is 25.2. The van der Waals surface area contributed by atoms with Crippen molar-refractivity contribution in [1.29, 1.82) is 0 Å². The maximum atomic E-state index is 8.36. The fourth-order valence-electron chi connectivity index (χ4n) is 3.24. The first kappa shape index (κ1) is 17.1. The summed E-state index contributed by atoms with van der Waals surface area (Å²) in [4.78, 5) is 8.55. The van der Waals surface area contributed by atoms with Crippen LogP contribution in [0.25, 0.3) is 33.6 Å². The van der Waals surface area contributed by atoms with E-state index in [2.05, 4.69) is 22.1 Å². The van der Waals surface area contributed by atoms with Gasteiger partial charge in [0.15, 0.2) is 0 Å². The molecule has 0 unspecified atom stereocenters. The zero-order valence-corrected chi connectivity index (χ0v) is 20.6. The van der Waals surface area contributed by atoms with E-state index in [1.165, 1.54) is 12.1 Å². The first-order valence-electron chi connectivity index (χ1n) is 13.9. The van der Waals surface area contributed by atoms with Crippen LogP contribution < -0.4 is 0 Å². The average Bonchev–Trinajstić information content (AvgIpc) is 2.97. The van der Waals surface area contributed by atoms with Crippen LogP contribution in [0.3, 0.4) is 0 Å². The van der Waals surface area contributed by atoms with E-state index in [4.69, 9.17) is 9.60 Å². The second kappa shape index (κ2) is 12.7. The summed E-state index contributed by atoms with van der Waals surface area (Å²) in [7, 11) is 0. The van der Waals surface area contributed by atoms with Crippen molar-refractivity contribution in [3.05, 3.63) is 133 Å². The molecule has 0 amide bonds.